The van der Waals surface area contributed by atoms with Crippen LogP contribution in [0.25, 0.3) is 0 Å². The van der Waals surface area contributed by atoms with Gasteiger partial charge in [-0.1, -0.05) is 78.1 Å². The number of hydrogen-bond acceptors (Lipinski definition) is 0. The summed E-state index contributed by atoms with van der Waals surface area (Å²) in [6.07, 6.45) is 23.8. The van der Waals surface area contributed by atoms with Crippen molar-refractivity contribution in [2.45, 2.75) is 104 Å². The number of nitrogens with one attached hydrogen (secondary N) is 1. The van der Waals surface area contributed by atoms with Gasteiger partial charge in [0, 0.05) is 12.4 Å². The van der Waals surface area contributed by atoms with Crippen molar-refractivity contribution in [1.82, 2.24) is 4.98 Å². The van der Waals surface area contributed by atoms with Gasteiger partial charge in [-0.25, -0.2) is 0 Å². The van der Waals surface area contributed by atoms with E-state index in [0.29, 0.717) is 0 Å². The van der Waals surface area contributed by atoms with Crippen LogP contribution in [0.5, 0.6) is 0 Å². The molecule has 122 valence electrons. The van der Waals surface area contributed by atoms with Gasteiger partial charge >= 0.3 is 0 Å². The van der Waals surface area contributed by atoms with E-state index < -0.39 is 0 Å². The van der Waals surface area contributed by atoms with E-state index in [2.05, 4.69) is 31.2 Å². The minimum absolute atomic E-state index is 1.28. The minimum Gasteiger partial charge on any atom is -0.367 e. The van der Waals surface area contributed by atoms with Gasteiger partial charge < -0.3 is 4.98 Å². The van der Waals surface area contributed by atoms with Crippen LogP contribution in [-0.2, 0) is 12.8 Å². The fourth-order valence-electron chi connectivity index (χ4n) is 3.09. The van der Waals surface area contributed by atoms with Gasteiger partial charge in [0.2, 0.25) is 0 Å². The van der Waals surface area contributed by atoms with Gasteiger partial charge in [-0.05, 0) is 36.8 Å². The quantitative estimate of drug-likeness (QED) is 0.362. The number of aryl methyl sites for hydroxylation is 2. The molecule has 0 aromatic carbocycles. The molecule has 1 rings (SSSR count). The monoisotopic (exact) mass is 291 g/mol. The molecule has 0 spiro atoms. The number of H-pyrrole nitrogens is 1. The molecule has 0 bridgehead atoms. The molecule has 1 aromatic heterocycles. The zero-order chi connectivity index (χ0) is 15.2. The van der Waals surface area contributed by atoms with E-state index in [0.717, 1.165) is 0 Å². The maximum Gasteiger partial charge on any atom is 0.00401 e. The molecule has 1 heteroatoms. The fraction of sp³-hybridized carbons (Fsp3) is 0.800. The molecule has 0 fully saturated rings. The van der Waals surface area contributed by atoms with Crippen molar-refractivity contribution < 1.29 is 0 Å². The van der Waals surface area contributed by atoms with E-state index in [1.807, 2.05) is 0 Å². The van der Waals surface area contributed by atoms with Crippen LogP contribution >= 0.6 is 0 Å². The zero-order valence-corrected chi connectivity index (χ0v) is 14.6. The van der Waals surface area contributed by atoms with E-state index >= 15 is 0 Å². The SMILES string of the molecule is CCCCCCCCc1c[nH]cc1CCCCCCCC. The highest BCUT2D eigenvalue weighted by molar-refractivity contribution is 5.23. The van der Waals surface area contributed by atoms with Gasteiger partial charge in [0.05, 0.1) is 0 Å². The Morgan fingerprint density at radius 3 is 1.38 bits per heavy atom. The first-order chi connectivity index (χ1) is 10.4. The molecular weight excluding hydrogens is 254 g/mol. The van der Waals surface area contributed by atoms with Crippen LogP contribution < -0.4 is 0 Å². The summed E-state index contributed by atoms with van der Waals surface area (Å²) in [7, 11) is 0. The Morgan fingerprint density at radius 2 is 0.952 bits per heavy atom. The van der Waals surface area contributed by atoms with Crippen molar-refractivity contribution in [1.29, 1.82) is 0 Å². The molecule has 1 aromatic rings. The zero-order valence-electron chi connectivity index (χ0n) is 14.6. The summed E-state index contributed by atoms with van der Waals surface area (Å²) in [5, 5.41) is 0. The van der Waals surface area contributed by atoms with Gasteiger partial charge in [-0.3, -0.25) is 0 Å². The first kappa shape index (κ1) is 18.3. The van der Waals surface area contributed by atoms with E-state index in [-0.39, 0.29) is 0 Å². The average Bonchev–Trinajstić information content (AvgIpc) is 2.94. The Hall–Kier alpha value is -0.720. The molecule has 1 heterocycles. The van der Waals surface area contributed by atoms with Gasteiger partial charge in [-0.2, -0.15) is 0 Å². The number of aromatic nitrogens is 1. The summed E-state index contributed by atoms with van der Waals surface area (Å²) in [6, 6.07) is 0. The van der Waals surface area contributed by atoms with Crippen molar-refractivity contribution >= 4 is 0 Å². The number of rotatable bonds is 14. The van der Waals surface area contributed by atoms with Crippen LogP contribution in [-0.4, -0.2) is 4.98 Å². The molecular formula is C20H37N. The topological polar surface area (TPSA) is 15.8 Å². The van der Waals surface area contributed by atoms with Crippen molar-refractivity contribution in [2.75, 3.05) is 0 Å². The summed E-state index contributed by atoms with van der Waals surface area (Å²) in [5.74, 6) is 0. The van der Waals surface area contributed by atoms with Gasteiger partial charge in [0.25, 0.3) is 0 Å². The predicted octanol–water partition coefficient (Wildman–Crippen LogP) is 6.82. The maximum absolute atomic E-state index is 3.32. The normalized spacial score (nSPS) is 11.1. The molecule has 1 N–H and O–H groups in total. The highest BCUT2D eigenvalue weighted by Gasteiger charge is 2.03. The van der Waals surface area contributed by atoms with Crippen LogP contribution in [0.4, 0.5) is 0 Å². The molecule has 21 heavy (non-hydrogen) atoms. The third-order valence-corrected chi connectivity index (χ3v) is 4.53. The summed E-state index contributed by atoms with van der Waals surface area (Å²) in [5.41, 5.74) is 3.16. The summed E-state index contributed by atoms with van der Waals surface area (Å²) in [6.45, 7) is 4.57. The summed E-state index contributed by atoms with van der Waals surface area (Å²) >= 11 is 0. The Bertz CT molecular complexity index is 296. The first-order valence-electron chi connectivity index (χ1n) is 9.53. The average molecular weight is 292 g/mol. The molecule has 1 nitrogen and oxygen atoms in total. The summed E-state index contributed by atoms with van der Waals surface area (Å²) < 4.78 is 0. The molecule has 0 unspecified atom stereocenters. The second-order valence-electron chi connectivity index (χ2n) is 6.54. The third kappa shape index (κ3) is 9.01. The van der Waals surface area contributed by atoms with Gasteiger partial charge in [0.15, 0.2) is 0 Å². The van der Waals surface area contributed by atoms with E-state index in [1.54, 1.807) is 11.1 Å². The highest BCUT2D eigenvalue weighted by Crippen LogP contribution is 2.17. The molecule has 0 amide bonds. The lowest BCUT2D eigenvalue weighted by Gasteiger charge is -2.05. The largest absolute Gasteiger partial charge is 0.367 e. The number of hydrogen-bond donors (Lipinski definition) is 1. The van der Waals surface area contributed by atoms with Gasteiger partial charge in [0.1, 0.15) is 0 Å². The molecule has 0 aliphatic carbocycles. The van der Waals surface area contributed by atoms with Crippen LogP contribution in [0.1, 0.15) is 102 Å². The number of unbranched alkanes of at least 4 members (excludes halogenated alkanes) is 10. The summed E-state index contributed by atoms with van der Waals surface area (Å²) in [4.78, 5) is 3.32. The molecule has 0 aliphatic heterocycles. The van der Waals surface area contributed by atoms with Crippen molar-refractivity contribution in [3.63, 3.8) is 0 Å². The lowest BCUT2D eigenvalue weighted by Crippen LogP contribution is -1.92. The second kappa shape index (κ2) is 13.0. The Morgan fingerprint density at radius 1 is 0.571 bits per heavy atom. The molecule has 0 aliphatic rings. The van der Waals surface area contributed by atoms with E-state index in [4.69, 9.17) is 0 Å². The number of aromatic amines is 1. The maximum atomic E-state index is 3.32. The Kier molecular flexibility index (Phi) is 11.3. The second-order valence-corrected chi connectivity index (χ2v) is 6.54. The fourth-order valence-corrected chi connectivity index (χ4v) is 3.09. The molecule has 0 radical (unpaired) electrons. The standard InChI is InChI=1S/C20H37N/c1-3-5-7-9-11-13-15-19-17-21-18-20(19)16-14-12-10-8-6-4-2/h17-18,21H,3-16H2,1-2H3. The van der Waals surface area contributed by atoms with E-state index in [9.17, 15) is 0 Å². The van der Waals surface area contributed by atoms with E-state index in [1.165, 1.54) is 89.9 Å². The van der Waals surface area contributed by atoms with Gasteiger partial charge in [-0.15, -0.1) is 0 Å². The van der Waals surface area contributed by atoms with Crippen LogP contribution in [0.3, 0.4) is 0 Å². The Balaban J connectivity index is 2.09. The third-order valence-electron chi connectivity index (χ3n) is 4.53. The van der Waals surface area contributed by atoms with Crippen molar-refractivity contribution in [2.24, 2.45) is 0 Å². The lowest BCUT2D eigenvalue weighted by molar-refractivity contribution is 0.600. The van der Waals surface area contributed by atoms with Crippen LogP contribution in [0, 0.1) is 0 Å². The predicted molar refractivity (Wildman–Crippen MR) is 95.0 cm³/mol. The van der Waals surface area contributed by atoms with Crippen LogP contribution in [0.15, 0.2) is 12.4 Å². The smallest absolute Gasteiger partial charge is 0.00401 e. The van der Waals surface area contributed by atoms with Crippen molar-refractivity contribution in [3.8, 4) is 0 Å². The molecule has 0 saturated carbocycles. The van der Waals surface area contributed by atoms with Crippen molar-refractivity contribution in [3.05, 3.63) is 23.5 Å². The molecule has 0 atom stereocenters. The Labute approximate surface area is 132 Å². The highest BCUT2D eigenvalue weighted by atomic mass is 14.6. The molecule has 0 saturated heterocycles. The lowest BCUT2D eigenvalue weighted by atomic mass is 10.0. The first-order valence-corrected chi connectivity index (χ1v) is 9.53. The minimum atomic E-state index is 1.28. The van der Waals surface area contributed by atoms with Crippen LogP contribution in [0.2, 0.25) is 0 Å².